The van der Waals surface area contributed by atoms with Crippen LogP contribution in [0.5, 0.6) is 5.75 Å². The third-order valence-electron chi connectivity index (χ3n) is 8.79. The zero-order chi connectivity index (χ0) is 29.8. The molecule has 1 fully saturated rings. The van der Waals surface area contributed by atoms with Gasteiger partial charge in [-0.2, -0.15) is 0 Å². The van der Waals surface area contributed by atoms with Crippen LogP contribution in [0.25, 0.3) is 5.57 Å². The first-order valence-corrected chi connectivity index (χ1v) is 17.1. The summed E-state index contributed by atoms with van der Waals surface area (Å²) in [6.07, 6.45) is 24.4. The van der Waals surface area contributed by atoms with Crippen LogP contribution in [0.1, 0.15) is 155 Å². The Labute approximate surface area is 253 Å². The first kappa shape index (κ1) is 35.4. The molecule has 0 bridgehead atoms. The van der Waals surface area contributed by atoms with Gasteiger partial charge in [0.25, 0.3) is 0 Å². The Balaban J connectivity index is 1.56. The van der Waals surface area contributed by atoms with Gasteiger partial charge in [0, 0.05) is 0 Å². The summed E-state index contributed by atoms with van der Waals surface area (Å²) in [4.78, 5) is 13.0. The van der Waals surface area contributed by atoms with Crippen LogP contribution in [-0.4, -0.2) is 31.4 Å². The Kier molecular flexibility index (Phi) is 18.1. The lowest BCUT2D eigenvalue weighted by Crippen LogP contribution is -2.41. The monoisotopic (exact) mass is 570 g/mol. The highest BCUT2D eigenvalue weighted by atomic mass is 16.5. The molecule has 4 nitrogen and oxygen atoms in total. The van der Waals surface area contributed by atoms with Crippen LogP contribution in [0.15, 0.2) is 30.8 Å². The molecular weight excluding hydrogens is 508 g/mol. The fourth-order valence-corrected chi connectivity index (χ4v) is 6.06. The van der Waals surface area contributed by atoms with E-state index in [-0.39, 0.29) is 18.2 Å². The molecule has 0 spiro atoms. The van der Waals surface area contributed by atoms with Crippen LogP contribution in [0, 0.1) is 5.41 Å². The SMILES string of the molecule is C=C(C[C@@](C)(C(=O)OCC)[C@@H]1CC[C@H](C)O1)c1ccc(OCCCCCCCCCCCCCCCCCC)cc1. The minimum atomic E-state index is -0.736. The summed E-state index contributed by atoms with van der Waals surface area (Å²) in [5.74, 6) is 0.697. The van der Waals surface area contributed by atoms with E-state index in [0.717, 1.165) is 42.8 Å². The molecule has 1 aliphatic heterocycles. The standard InChI is InChI=1S/C37H62O4/c1-6-8-9-10-11-12-13-14-15-16-17-18-19-20-21-22-29-40-34-26-24-33(25-27-34)31(3)30-37(5,36(38)39-7-2)35-28-23-32(4)41-35/h24-27,32,35H,3,6-23,28-30H2,1-2,4-5H3/t32-,35-,37+/m0/s1. The highest BCUT2D eigenvalue weighted by Crippen LogP contribution is 2.41. The largest absolute Gasteiger partial charge is 0.494 e. The summed E-state index contributed by atoms with van der Waals surface area (Å²) < 4.78 is 17.6. The first-order valence-electron chi connectivity index (χ1n) is 17.1. The molecule has 2 rings (SSSR count). The summed E-state index contributed by atoms with van der Waals surface area (Å²) in [5, 5.41) is 0. The molecule has 0 aromatic heterocycles. The van der Waals surface area contributed by atoms with Crippen molar-refractivity contribution in [2.24, 2.45) is 5.41 Å². The van der Waals surface area contributed by atoms with Crippen molar-refractivity contribution in [1.82, 2.24) is 0 Å². The molecule has 3 atom stereocenters. The van der Waals surface area contributed by atoms with Crippen LogP contribution in [0.2, 0.25) is 0 Å². The molecule has 0 saturated carbocycles. The first-order chi connectivity index (χ1) is 19.9. The van der Waals surface area contributed by atoms with Crippen LogP contribution in [-0.2, 0) is 14.3 Å². The van der Waals surface area contributed by atoms with Crippen LogP contribution >= 0.6 is 0 Å². The van der Waals surface area contributed by atoms with Crippen molar-refractivity contribution in [2.45, 2.75) is 162 Å². The van der Waals surface area contributed by atoms with Crippen molar-refractivity contribution >= 4 is 11.5 Å². The second kappa shape index (κ2) is 21.0. The maximum Gasteiger partial charge on any atom is 0.314 e. The Hall–Kier alpha value is -1.81. The summed E-state index contributed by atoms with van der Waals surface area (Å²) in [7, 11) is 0. The maximum absolute atomic E-state index is 13.0. The van der Waals surface area contributed by atoms with Crippen molar-refractivity contribution in [3.63, 3.8) is 0 Å². The second-order valence-corrected chi connectivity index (χ2v) is 12.6. The van der Waals surface area contributed by atoms with Crippen LogP contribution in [0.4, 0.5) is 0 Å². The minimum Gasteiger partial charge on any atom is -0.494 e. The molecule has 41 heavy (non-hydrogen) atoms. The Morgan fingerprint density at radius 3 is 1.80 bits per heavy atom. The maximum atomic E-state index is 13.0. The molecule has 234 valence electrons. The normalized spacial score (nSPS) is 18.2. The highest BCUT2D eigenvalue weighted by molar-refractivity contribution is 5.81. The smallest absolute Gasteiger partial charge is 0.314 e. The summed E-state index contributed by atoms with van der Waals surface area (Å²) in [6.45, 7) is 13.6. The molecule has 4 heteroatoms. The summed E-state index contributed by atoms with van der Waals surface area (Å²) in [5.41, 5.74) is 1.22. The molecule has 1 aliphatic rings. The number of rotatable bonds is 24. The summed E-state index contributed by atoms with van der Waals surface area (Å²) in [6, 6.07) is 8.13. The van der Waals surface area contributed by atoms with Gasteiger partial charge in [0.1, 0.15) is 5.75 Å². The quantitative estimate of drug-likeness (QED) is 0.0916. The number of benzene rings is 1. The molecule has 1 saturated heterocycles. The number of carbonyl (C=O) groups excluding carboxylic acids is 1. The van der Waals surface area contributed by atoms with E-state index >= 15 is 0 Å². The Bertz CT molecular complexity index is 832. The van der Waals surface area contributed by atoms with E-state index in [4.69, 9.17) is 14.2 Å². The van der Waals surface area contributed by atoms with Crippen molar-refractivity contribution in [1.29, 1.82) is 0 Å². The molecule has 1 aromatic carbocycles. The summed E-state index contributed by atoms with van der Waals surface area (Å²) >= 11 is 0. The molecule has 0 unspecified atom stereocenters. The van der Waals surface area contributed by atoms with Crippen molar-refractivity contribution in [3.8, 4) is 5.75 Å². The fourth-order valence-electron chi connectivity index (χ4n) is 6.06. The molecule has 1 heterocycles. The number of hydrogen-bond donors (Lipinski definition) is 0. The van der Waals surface area contributed by atoms with Crippen molar-refractivity contribution in [3.05, 3.63) is 36.4 Å². The third kappa shape index (κ3) is 13.8. The van der Waals surface area contributed by atoms with Gasteiger partial charge >= 0.3 is 5.97 Å². The van der Waals surface area contributed by atoms with E-state index in [1.54, 1.807) is 0 Å². The van der Waals surface area contributed by atoms with Gasteiger partial charge in [0.05, 0.1) is 30.8 Å². The molecule has 1 aromatic rings. The zero-order valence-electron chi connectivity index (χ0n) is 27.2. The average Bonchev–Trinajstić information content (AvgIpc) is 3.42. The number of carbonyl (C=O) groups is 1. The lowest BCUT2D eigenvalue weighted by atomic mass is 9.76. The predicted octanol–water partition coefficient (Wildman–Crippen LogP) is 10.9. The van der Waals surface area contributed by atoms with E-state index < -0.39 is 5.41 Å². The molecule has 0 N–H and O–H groups in total. The van der Waals surface area contributed by atoms with Gasteiger partial charge in [0.15, 0.2) is 0 Å². The Morgan fingerprint density at radius 1 is 0.829 bits per heavy atom. The third-order valence-corrected chi connectivity index (χ3v) is 8.79. The van der Waals surface area contributed by atoms with Crippen LogP contribution < -0.4 is 4.74 Å². The average molecular weight is 571 g/mol. The van der Waals surface area contributed by atoms with Gasteiger partial charge in [-0.3, -0.25) is 4.79 Å². The Morgan fingerprint density at radius 2 is 1.34 bits per heavy atom. The van der Waals surface area contributed by atoms with E-state index in [2.05, 4.69) is 32.6 Å². The van der Waals surface area contributed by atoms with E-state index in [0.29, 0.717) is 13.0 Å². The predicted molar refractivity (Wildman–Crippen MR) is 173 cm³/mol. The van der Waals surface area contributed by atoms with E-state index in [1.807, 2.05) is 26.0 Å². The number of unbranched alkanes of at least 4 members (excludes halogenated alkanes) is 15. The topological polar surface area (TPSA) is 44.8 Å². The highest BCUT2D eigenvalue weighted by Gasteiger charge is 2.46. The zero-order valence-corrected chi connectivity index (χ0v) is 27.2. The fraction of sp³-hybridized carbons (Fsp3) is 0.757. The second-order valence-electron chi connectivity index (χ2n) is 12.6. The number of hydrogen-bond acceptors (Lipinski definition) is 4. The van der Waals surface area contributed by atoms with Gasteiger partial charge in [-0.25, -0.2) is 0 Å². The van der Waals surface area contributed by atoms with E-state index in [9.17, 15) is 4.79 Å². The lowest BCUT2D eigenvalue weighted by Gasteiger charge is -2.33. The lowest BCUT2D eigenvalue weighted by molar-refractivity contribution is -0.163. The molecule has 0 aliphatic carbocycles. The van der Waals surface area contributed by atoms with Gasteiger partial charge in [-0.05, 0) is 69.7 Å². The van der Waals surface area contributed by atoms with Gasteiger partial charge in [-0.1, -0.05) is 122 Å². The number of allylic oxidation sites excluding steroid dienone is 1. The molecule has 0 radical (unpaired) electrons. The van der Waals surface area contributed by atoms with E-state index in [1.165, 1.54) is 96.3 Å². The van der Waals surface area contributed by atoms with Gasteiger partial charge in [-0.15, -0.1) is 0 Å². The number of ether oxygens (including phenoxy) is 3. The minimum absolute atomic E-state index is 0.143. The molecule has 0 amide bonds. The van der Waals surface area contributed by atoms with Gasteiger partial charge in [0.2, 0.25) is 0 Å². The van der Waals surface area contributed by atoms with Crippen molar-refractivity contribution in [2.75, 3.05) is 13.2 Å². The van der Waals surface area contributed by atoms with Crippen LogP contribution in [0.3, 0.4) is 0 Å². The molecular formula is C37H62O4. The van der Waals surface area contributed by atoms with Gasteiger partial charge < -0.3 is 14.2 Å². The number of esters is 1. The van der Waals surface area contributed by atoms with Crippen molar-refractivity contribution < 1.29 is 19.0 Å².